The van der Waals surface area contributed by atoms with Crippen LogP contribution in [0, 0.1) is 6.92 Å². The SMILES string of the molecule is CCCN1CCN(C(=S)NCc2ccc(C)cc2)CC1. The van der Waals surface area contributed by atoms with Crippen LogP contribution in [0.25, 0.3) is 0 Å². The van der Waals surface area contributed by atoms with Crippen LogP contribution in [-0.4, -0.2) is 47.6 Å². The van der Waals surface area contributed by atoms with E-state index in [1.54, 1.807) is 0 Å². The van der Waals surface area contributed by atoms with Gasteiger partial charge in [-0.2, -0.15) is 0 Å². The minimum absolute atomic E-state index is 0.814. The van der Waals surface area contributed by atoms with Crippen LogP contribution in [0.2, 0.25) is 0 Å². The molecule has 1 aliphatic heterocycles. The van der Waals surface area contributed by atoms with Crippen molar-refractivity contribution in [2.45, 2.75) is 26.8 Å². The molecule has 0 aliphatic carbocycles. The van der Waals surface area contributed by atoms with Crippen molar-refractivity contribution >= 4 is 17.3 Å². The molecular weight excluding hydrogens is 266 g/mol. The van der Waals surface area contributed by atoms with Gasteiger partial charge in [0.2, 0.25) is 0 Å². The number of thiocarbonyl (C=S) groups is 1. The van der Waals surface area contributed by atoms with E-state index in [4.69, 9.17) is 12.2 Å². The Labute approximate surface area is 128 Å². The molecule has 0 bridgehead atoms. The van der Waals surface area contributed by atoms with E-state index in [-0.39, 0.29) is 0 Å². The largest absolute Gasteiger partial charge is 0.358 e. The first-order chi connectivity index (χ1) is 9.69. The molecule has 0 spiro atoms. The average Bonchev–Trinajstić information content (AvgIpc) is 2.47. The highest BCUT2D eigenvalue weighted by Crippen LogP contribution is 2.05. The molecule has 1 aromatic carbocycles. The fourth-order valence-electron chi connectivity index (χ4n) is 2.49. The molecule has 1 N–H and O–H groups in total. The van der Waals surface area contributed by atoms with Gasteiger partial charge in [-0.05, 0) is 37.7 Å². The quantitative estimate of drug-likeness (QED) is 0.858. The summed E-state index contributed by atoms with van der Waals surface area (Å²) in [5, 5.41) is 4.26. The highest BCUT2D eigenvalue weighted by molar-refractivity contribution is 7.80. The minimum Gasteiger partial charge on any atom is -0.358 e. The smallest absolute Gasteiger partial charge is 0.169 e. The second-order valence-corrected chi connectivity index (χ2v) is 5.86. The van der Waals surface area contributed by atoms with Crippen molar-refractivity contribution < 1.29 is 0 Å². The zero-order valence-electron chi connectivity index (χ0n) is 12.6. The summed E-state index contributed by atoms with van der Waals surface area (Å²) in [6, 6.07) is 8.60. The molecule has 1 aromatic rings. The van der Waals surface area contributed by atoms with E-state index in [2.05, 4.69) is 53.2 Å². The summed E-state index contributed by atoms with van der Waals surface area (Å²) in [5.74, 6) is 0. The van der Waals surface area contributed by atoms with Crippen molar-refractivity contribution in [3.8, 4) is 0 Å². The zero-order valence-corrected chi connectivity index (χ0v) is 13.4. The standard InChI is InChI=1S/C16H25N3S/c1-3-8-18-9-11-19(12-10-18)16(20)17-13-15-6-4-14(2)5-7-15/h4-7H,3,8-13H2,1-2H3,(H,17,20). The molecule has 0 aromatic heterocycles. The van der Waals surface area contributed by atoms with Crippen LogP contribution in [0.5, 0.6) is 0 Å². The number of aryl methyl sites for hydroxylation is 1. The average molecular weight is 291 g/mol. The summed E-state index contributed by atoms with van der Waals surface area (Å²) in [6.07, 6.45) is 1.23. The summed E-state index contributed by atoms with van der Waals surface area (Å²) in [6.45, 7) is 10.7. The molecule has 2 rings (SSSR count). The Hall–Kier alpha value is -1.13. The molecular formula is C16H25N3S. The van der Waals surface area contributed by atoms with Crippen molar-refractivity contribution in [1.82, 2.24) is 15.1 Å². The van der Waals surface area contributed by atoms with Gasteiger partial charge in [-0.3, -0.25) is 4.90 Å². The summed E-state index contributed by atoms with van der Waals surface area (Å²) in [7, 11) is 0. The highest BCUT2D eigenvalue weighted by atomic mass is 32.1. The molecule has 0 saturated carbocycles. The maximum absolute atomic E-state index is 5.50. The third-order valence-electron chi connectivity index (χ3n) is 3.76. The molecule has 0 unspecified atom stereocenters. The topological polar surface area (TPSA) is 18.5 Å². The van der Waals surface area contributed by atoms with Gasteiger partial charge in [-0.1, -0.05) is 36.8 Å². The van der Waals surface area contributed by atoms with Gasteiger partial charge in [-0.15, -0.1) is 0 Å². The maximum Gasteiger partial charge on any atom is 0.169 e. The highest BCUT2D eigenvalue weighted by Gasteiger charge is 2.17. The monoisotopic (exact) mass is 291 g/mol. The van der Waals surface area contributed by atoms with Crippen molar-refractivity contribution in [3.05, 3.63) is 35.4 Å². The Morgan fingerprint density at radius 3 is 2.40 bits per heavy atom. The number of hydrogen-bond donors (Lipinski definition) is 1. The van der Waals surface area contributed by atoms with Crippen LogP contribution >= 0.6 is 12.2 Å². The van der Waals surface area contributed by atoms with Crippen molar-refractivity contribution in [3.63, 3.8) is 0 Å². The van der Waals surface area contributed by atoms with Crippen LogP contribution in [0.15, 0.2) is 24.3 Å². The van der Waals surface area contributed by atoms with E-state index >= 15 is 0 Å². The van der Waals surface area contributed by atoms with Gasteiger partial charge in [0.15, 0.2) is 5.11 Å². The Kier molecular flexibility index (Phi) is 5.80. The summed E-state index contributed by atoms with van der Waals surface area (Å²) in [5.41, 5.74) is 2.57. The molecule has 1 aliphatic rings. The Bertz CT molecular complexity index is 422. The number of nitrogens with one attached hydrogen (secondary N) is 1. The van der Waals surface area contributed by atoms with E-state index in [1.165, 1.54) is 24.1 Å². The summed E-state index contributed by atoms with van der Waals surface area (Å²) in [4.78, 5) is 4.80. The zero-order chi connectivity index (χ0) is 14.4. The third-order valence-corrected chi connectivity index (χ3v) is 4.17. The van der Waals surface area contributed by atoms with E-state index in [0.29, 0.717) is 0 Å². The number of piperazine rings is 1. The predicted molar refractivity (Wildman–Crippen MR) is 88.9 cm³/mol. The lowest BCUT2D eigenvalue weighted by atomic mass is 10.1. The molecule has 3 nitrogen and oxygen atoms in total. The lowest BCUT2D eigenvalue weighted by Crippen LogP contribution is -2.51. The maximum atomic E-state index is 5.50. The first-order valence-corrected chi connectivity index (χ1v) is 7.90. The van der Waals surface area contributed by atoms with Gasteiger partial charge in [0.25, 0.3) is 0 Å². The summed E-state index contributed by atoms with van der Waals surface area (Å²) >= 11 is 5.50. The van der Waals surface area contributed by atoms with E-state index < -0.39 is 0 Å². The lowest BCUT2D eigenvalue weighted by Gasteiger charge is -2.36. The van der Waals surface area contributed by atoms with E-state index in [1.807, 2.05) is 0 Å². The molecule has 110 valence electrons. The Morgan fingerprint density at radius 1 is 1.15 bits per heavy atom. The van der Waals surface area contributed by atoms with Gasteiger partial charge in [-0.25, -0.2) is 0 Å². The third kappa shape index (κ3) is 4.46. The van der Waals surface area contributed by atoms with Gasteiger partial charge in [0, 0.05) is 32.7 Å². The van der Waals surface area contributed by atoms with Gasteiger partial charge >= 0.3 is 0 Å². The Balaban J connectivity index is 1.74. The number of nitrogens with zero attached hydrogens (tertiary/aromatic N) is 2. The van der Waals surface area contributed by atoms with Crippen molar-refractivity contribution in [2.24, 2.45) is 0 Å². The van der Waals surface area contributed by atoms with E-state index in [0.717, 1.165) is 37.8 Å². The molecule has 20 heavy (non-hydrogen) atoms. The summed E-state index contributed by atoms with van der Waals surface area (Å²) < 4.78 is 0. The number of benzene rings is 1. The fraction of sp³-hybridized carbons (Fsp3) is 0.562. The van der Waals surface area contributed by atoms with Crippen molar-refractivity contribution in [1.29, 1.82) is 0 Å². The molecule has 4 heteroatoms. The first kappa shape index (κ1) is 15.3. The normalized spacial score (nSPS) is 16.2. The lowest BCUT2D eigenvalue weighted by molar-refractivity contribution is 0.181. The minimum atomic E-state index is 0.814. The molecule has 0 radical (unpaired) electrons. The second kappa shape index (κ2) is 7.60. The van der Waals surface area contributed by atoms with Gasteiger partial charge in [0.1, 0.15) is 0 Å². The molecule has 0 amide bonds. The second-order valence-electron chi connectivity index (χ2n) is 5.47. The number of rotatable bonds is 4. The van der Waals surface area contributed by atoms with E-state index in [9.17, 15) is 0 Å². The van der Waals surface area contributed by atoms with Gasteiger partial charge < -0.3 is 10.2 Å². The van der Waals surface area contributed by atoms with Crippen LogP contribution in [0.1, 0.15) is 24.5 Å². The first-order valence-electron chi connectivity index (χ1n) is 7.49. The van der Waals surface area contributed by atoms with Crippen LogP contribution < -0.4 is 5.32 Å². The van der Waals surface area contributed by atoms with Gasteiger partial charge in [0.05, 0.1) is 0 Å². The predicted octanol–water partition coefficient (Wildman–Crippen LogP) is 2.40. The Morgan fingerprint density at radius 2 is 1.80 bits per heavy atom. The fourth-order valence-corrected chi connectivity index (χ4v) is 2.74. The molecule has 1 fully saturated rings. The number of hydrogen-bond acceptors (Lipinski definition) is 2. The van der Waals surface area contributed by atoms with Crippen LogP contribution in [-0.2, 0) is 6.54 Å². The van der Waals surface area contributed by atoms with Crippen molar-refractivity contribution in [2.75, 3.05) is 32.7 Å². The molecule has 1 heterocycles. The molecule has 0 atom stereocenters. The van der Waals surface area contributed by atoms with Crippen LogP contribution in [0.3, 0.4) is 0 Å². The molecule has 1 saturated heterocycles. The van der Waals surface area contributed by atoms with Crippen LogP contribution in [0.4, 0.5) is 0 Å².